The largest absolute Gasteiger partial charge is 0.223 e. The molecule has 0 saturated carbocycles. The molecule has 0 aliphatic heterocycles. The van der Waals surface area contributed by atoms with Crippen molar-refractivity contribution in [3.63, 3.8) is 0 Å². The van der Waals surface area contributed by atoms with Crippen LogP contribution in [0.4, 0.5) is 0 Å². The molecule has 1 rings (SSSR count). The number of benzene rings is 1. The van der Waals surface area contributed by atoms with Crippen LogP contribution in [0.1, 0.15) is 38.8 Å². The van der Waals surface area contributed by atoms with Gasteiger partial charge in [0, 0.05) is 0 Å². The third-order valence-corrected chi connectivity index (χ3v) is 5.39. The fourth-order valence-corrected chi connectivity index (χ4v) is 2.94. The van der Waals surface area contributed by atoms with E-state index in [1.807, 2.05) is 26.0 Å². The molecule has 0 amide bonds. The van der Waals surface area contributed by atoms with Crippen LogP contribution in [0.3, 0.4) is 0 Å². The number of hydrogen-bond acceptors (Lipinski definition) is 2. The number of aryl methyl sites for hydroxylation is 2. The lowest BCUT2D eigenvalue weighted by molar-refractivity contribution is 0.559. The summed E-state index contributed by atoms with van der Waals surface area (Å²) in [5, 5.41) is 0. The fraction of sp³-hybridized carbons (Fsp3) is 0.538. The average Bonchev–Trinajstić information content (AvgIpc) is 2.16. The minimum absolute atomic E-state index is 0.472. The molecule has 3 heteroatoms. The third kappa shape index (κ3) is 2.29. The maximum atomic E-state index is 12.3. The standard InChI is InChI=1S/C13H20O2S/c1-6-11-8-7-10(2)12(9-11)16(14,15)13(3,4)5/h7-9H,6H2,1-5H3. The third-order valence-electron chi connectivity index (χ3n) is 2.76. The molecule has 0 saturated heterocycles. The molecule has 0 unspecified atom stereocenters. The summed E-state index contributed by atoms with van der Waals surface area (Å²) in [6.07, 6.45) is 0.854. The van der Waals surface area contributed by atoms with Crippen molar-refractivity contribution in [1.29, 1.82) is 0 Å². The summed E-state index contributed by atoms with van der Waals surface area (Å²) in [5.41, 5.74) is 1.89. The lowest BCUT2D eigenvalue weighted by Crippen LogP contribution is -2.28. The Hall–Kier alpha value is -0.830. The molecule has 90 valence electrons. The Morgan fingerprint density at radius 3 is 2.19 bits per heavy atom. The Kier molecular flexibility index (Phi) is 3.48. The monoisotopic (exact) mass is 240 g/mol. The van der Waals surface area contributed by atoms with Crippen LogP contribution in [0.2, 0.25) is 0 Å². The van der Waals surface area contributed by atoms with Crippen molar-refractivity contribution in [3.8, 4) is 0 Å². The van der Waals surface area contributed by atoms with Gasteiger partial charge in [-0.15, -0.1) is 0 Å². The quantitative estimate of drug-likeness (QED) is 0.796. The SMILES string of the molecule is CCc1ccc(C)c(S(=O)(=O)C(C)(C)C)c1. The Balaban J connectivity index is 3.44. The zero-order valence-corrected chi connectivity index (χ0v) is 11.5. The topological polar surface area (TPSA) is 34.1 Å². The summed E-state index contributed by atoms with van der Waals surface area (Å²) < 4.78 is 23.9. The summed E-state index contributed by atoms with van der Waals surface area (Å²) in [7, 11) is -3.24. The molecule has 0 heterocycles. The van der Waals surface area contributed by atoms with Gasteiger partial charge in [0.15, 0.2) is 9.84 Å². The van der Waals surface area contributed by atoms with Crippen LogP contribution in [0, 0.1) is 6.92 Å². The van der Waals surface area contributed by atoms with E-state index in [1.54, 1.807) is 26.8 Å². The summed E-state index contributed by atoms with van der Waals surface area (Å²) >= 11 is 0. The van der Waals surface area contributed by atoms with Crippen LogP contribution in [0.25, 0.3) is 0 Å². The number of rotatable bonds is 2. The number of hydrogen-bond donors (Lipinski definition) is 0. The maximum absolute atomic E-state index is 12.3. The van der Waals surface area contributed by atoms with Crippen molar-refractivity contribution in [2.75, 3.05) is 0 Å². The van der Waals surface area contributed by atoms with Gasteiger partial charge in [0.2, 0.25) is 0 Å². The Morgan fingerprint density at radius 2 is 1.75 bits per heavy atom. The summed E-state index contributed by atoms with van der Waals surface area (Å²) in [6, 6.07) is 5.67. The van der Waals surface area contributed by atoms with E-state index in [0.29, 0.717) is 4.90 Å². The molecule has 0 aliphatic rings. The van der Waals surface area contributed by atoms with Gasteiger partial charge in [-0.1, -0.05) is 19.1 Å². The molecule has 0 fully saturated rings. The van der Waals surface area contributed by atoms with Crippen molar-refractivity contribution >= 4 is 9.84 Å². The molecule has 0 radical (unpaired) electrons. The van der Waals surface area contributed by atoms with Crippen LogP contribution < -0.4 is 0 Å². The Morgan fingerprint density at radius 1 is 1.19 bits per heavy atom. The average molecular weight is 240 g/mol. The van der Waals surface area contributed by atoms with Gasteiger partial charge in [0.05, 0.1) is 9.64 Å². The Bertz CT molecular complexity index is 479. The maximum Gasteiger partial charge on any atom is 0.183 e. The molecular formula is C13H20O2S. The first-order valence-electron chi connectivity index (χ1n) is 5.54. The molecule has 0 aliphatic carbocycles. The minimum atomic E-state index is -3.24. The molecule has 0 spiro atoms. The van der Waals surface area contributed by atoms with Crippen molar-refractivity contribution < 1.29 is 8.42 Å². The first kappa shape index (κ1) is 13.2. The normalized spacial score (nSPS) is 12.8. The Labute approximate surface area is 98.6 Å². The second-order valence-electron chi connectivity index (χ2n) is 5.07. The summed E-state index contributed by atoms with van der Waals surface area (Å²) in [6.45, 7) is 9.08. The fourth-order valence-electron chi connectivity index (χ4n) is 1.48. The molecule has 0 atom stereocenters. The highest BCUT2D eigenvalue weighted by atomic mass is 32.2. The molecule has 0 aromatic heterocycles. The van der Waals surface area contributed by atoms with Gasteiger partial charge in [0.25, 0.3) is 0 Å². The van der Waals surface area contributed by atoms with Crippen LogP contribution in [0.5, 0.6) is 0 Å². The van der Waals surface area contributed by atoms with E-state index in [0.717, 1.165) is 17.5 Å². The predicted octanol–water partition coefficient (Wildman–Crippen LogP) is 3.13. The molecule has 0 N–H and O–H groups in total. The van der Waals surface area contributed by atoms with Gasteiger partial charge in [-0.05, 0) is 51.3 Å². The molecule has 2 nitrogen and oxygen atoms in total. The van der Waals surface area contributed by atoms with E-state index in [4.69, 9.17) is 0 Å². The minimum Gasteiger partial charge on any atom is -0.223 e. The van der Waals surface area contributed by atoms with E-state index in [2.05, 4.69) is 0 Å². The van der Waals surface area contributed by atoms with E-state index in [9.17, 15) is 8.42 Å². The zero-order valence-electron chi connectivity index (χ0n) is 10.7. The van der Waals surface area contributed by atoms with Crippen LogP contribution in [0.15, 0.2) is 23.1 Å². The van der Waals surface area contributed by atoms with Gasteiger partial charge in [0.1, 0.15) is 0 Å². The van der Waals surface area contributed by atoms with Gasteiger partial charge in [-0.3, -0.25) is 0 Å². The highest BCUT2D eigenvalue weighted by Gasteiger charge is 2.31. The lowest BCUT2D eigenvalue weighted by Gasteiger charge is -2.21. The first-order chi connectivity index (χ1) is 7.20. The zero-order chi connectivity index (χ0) is 12.6. The van der Waals surface area contributed by atoms with Crippen LogP contribution in [-0.2, 0) is 16.3 Å². The molecule has 1 aromatic rings. The van der Waals surface area contributed by atoms with Crippen LogP contribution >= 0.6 is 0 Å². The lowest BCUT2D eigenvalue weighted by atomic mass is 10.1. The van der Waals surface area contributed by atoms with Crippen molar-refractivity contribution in [2.45, 2.75) is 50.7 Å². The van der Waals surface area contributed by atoms with Gasteiger partial charge in [-0.25, -0.2) is 8.42 Å². The summed E-state index contributed by atoms with van der Waals surface area (Å²) in [5.74, 6) is 0. The smallest absolute Gasteiger partial charge is 0.183 e. The number of sulfone groups is 1. The summed E-state index contributed by atoms with van der Waals surface area (Å²) in [4.78, 5) is 0.472. The van der Waals surface area contributed by atoms with E-state index < -0.39 is 14.6 Å². The second-order valence-corrected chi connectivity index (χ2v) is 7.74. The second kappa shape index (κ2) is 4.21. The van der Waals surface area contributed by atoms with E-state index >= 15 is 0 Å². The predicted molar refractivity (Wildman–Crippen MR) is 67.5 cm³/mol. The van der Waals surface area contributed by atoms with Gasteiger partial charge >= 0.3 is 0 Å². The van der Waals surface area contributed by atoms with Crippen LogP contribution in [-0.4, -0.2) is 13.2 Å². The highest BCUT2D eigenvalue weighted by Crippen LogP contribution is 2.28. The molecule has 16 heavy (non-hydrogen) atoms. The van der Waals surface area contributed by atoms with Crippen molar-refractivity contribution in [3.05, 3.63) is 29.3 Å². The molecular weight excluding hydrogens is 220 g/mol. The van der Waals surface area contributed by atoms with E-state index in [1.165, 1.54) is 0 Å². The highest BCUT2D eigenvalue weighted by molar-refractivity contribution is 7.92. The van der Waals surface area contributed by atoms with Gasteiger partial charge in [-0.2, -0.15) is 0 Å². The van der Waals surface area contributed by atoms with Crippen molar-refractivity contribution in [2.24, 2.45) is 0 Å². The van der Waals surface area contributed by atoms with Crippen molar-refractivity contribution in [1.82, 2.24) is 0 Å². The molecule has 1 aromatic carbocycles. The van der Waals surface area contributed by atoms with Gasteiger partial charge < -0.3 is 0 Å². The van der Waals surface area contributed by atoms with E-state index in [-0.39, 0.29) is 0 Å². The first-order valence-corrected chi connectivity index (χ1v) is 7.02. The molecule has 0 bridgehead atoms.